The van der Waals surface area contributed by atoms with Gasteiger partial charge in [-0.25, -0.2) is 4.79 Å². The van der Waals surface area contributed by atoms with Gasteiger partial charge in [0.15, 0.2) is 0 Å². The third-order valence-corrected chi connectivity index (χ3v) is 4.84. The molecule has 166 valence electrons. The van der Waals surface area contributed by atoms with E-state index in [-0.39, 0.29) is 24.7 Å². The average molecular weight is 434 g/mol. The smallest absolute Gasteiger partial charge is 0.339 e. The van der Waals surface area contributed by atoms with Crippen molar-refractivity contribution in [2.45, 2.75) is 33.6 Å². The molecule has 0 radical (unpaired) electrons. The number of aryl methyl sites for hydroxylation is 1. The fourth-order valence-electron chi connectivity index (χ4n) is 3.26. The van der Waals surface area contributed by atoms with Gasteiger partial charge in [0, 0.05) is 41.7 Å². The summed E-state index contributed by atoms with van der Waals surface area (Å²) in [5, 5.41) is 6.26. The van der Waals surface area contributed by atoms with Crippen LogP contribution < -0.4 is 21.0 Å². The van der Waals surface area contributed by atoms with Crippen molar-refractivity contribution < 1.29 is 18.7 Å². The molecule has 0 saturated heterocycles. The second-order valence-electron chi connectivity index (χ2n) is 7.70. The summed E-state index contributed by atoms with van der Waals surface area (Å²) in [6, 6.07) is 12.2. The summed E-state index contributed by atoms with van der Waals surface area (Å²) in [6.07, 6.45) is 0.387. The first-order chi connectivity index (χ1) is 15.2. The van der Waals surface area contributed by atoms with Gasteiger partial charge < -0.3 is 19.8 Å². The van der Waals surface area contributed by atoms with Gasteiger partial charge in [0.05, 0.1) is 0 Å². The molecule has 7 nitrogen and oxygen atoms in total. The summed E-state index contributed by atoms with van der Waals surface area (Å²) in [7, 11) is 0. The lowest BCUT2D eigenvalue weighted by atomic mass is 10.0. The molecule has 2 amide bonds. The van der Waals surface area contributed by atoms with Crippen LogP contribution in [-0.2, 0) is 16.0 Å². The molecule has 0 aliphatic carbocycles. The van der Waals surface area contributed by atoms with Gasteiger partial charge in [-0.15, -0.1) is 0 Å². The number of carbonyl (C=O) groups excluding carboxylic acids is 2. The maximum Gasteiger partial charge on any atom is 0.339 e. The molecule has 32 heavy (non-hydrogen) atoms. The van der Waals surface area contributed by atoms with Crippen molar-refractivity contribution in [1.82, 2.24) is 0 Å². The maximum absolute atomic E-state index is 12.5. The van der Waals surface area contributed by atoms with Gasteiger partial charge in [0.2, 0.25) is 11.8 Å². The van der Waals surface area contributed by atoms with E-state index in [0.29, 0.717) is 34.9 Å². The standard InChI is InChI=1S/C25H26N2O5/c1-15(2)14-31-20-9-10-21-16(3)22(25(30)32-23(21)13-20)11-12-24(29)27-19-7-5-18(6-8-19)26-17(4)28/h5-10,13H,1,11-12,14H2,2-4H3,(H,26,28)(H,27,29). The van der Waals surface area contributed by atoms with Gasteiger partial charge in [0.1, 0.15) is 17.9 Å². The molecule has 0 saturated carbocycles. The molecule has 3 rings (SSSR count). The van der Waals surface area contributed by atoms with Crippen molar-refractivity contribution in [3.63, 3.8) is 0 Å². The number of nitrogens with one attached hydrogen (secondary N) is 2. The fraction of sp³-hybridized carbons (Fsp3) is 0.240. The number of hydrogen-bond acceptors (Lipinski definition) is 5. The molecular formula is C25H26N2O5. The molecule has 0 fully saturated rings. The van der Waals surface area contributed by atoms with Crippen LogP contribution in [0.4, 0.5) is 11.4 Å². The molecule has 0 atom stereocenters. The molecule has 0 unspecified atom stereocenters. The summed E-state index contributed by atoms with van der Waals surface area (Å²) >= 11 is 0. The minimum Gasteiger partial charge on any atom is -0.489 e. The SMILES string of the molecule is C=C(C)COc1ccc2c(C)c(CCC(=O)Nc3ccc(NC(C)=O)cc3)c(=O)oc2c1. The Morgan fingerprint density at radius 1 is 1.03 bits per heavy atom. The van der Waals surface area contributed by atoms with Crippen molar-refractivity contribution in [3.8, 4) is 5.75 Å². The summed E-state index contributed by atoms with van der Waals surface area (Å²) in [6.45, 7) is 9.33. The second kappa shape index (κ2) is 9.96. The minimum atomic E-state index is -0.459. The Kier molecular flexibility index (Phi) is 7.10. The van der Waals surface area contributed by atoms with E-state index in [1.165, 1.54) is 6.92 Å². The van der Waals surface area contributed by atoms with E-state index in [1.807, 2.05) is 26.0 Å². The van der Waals surface area contributed by atoms with E-state index in [4.69, 9.17) is 9.15 Å². The van der Waals surface area contributed by atoms with E-state index in [9.17, 15) is 14.4 Å². The van der Waals surface area contributed by atoms with Crippen LogP contribution in [0.25, 0.3) is 11.0 Å². The van der Waals surface area contributed by atoms with Crippen molar-refractivity contribution >= 4 is 34.2 Å². The number of fused-ring (bicyclic) bond motifs is 1. The average Bonchev–Trinajstić information content (AvgIpc) is 2.73. The molecular weight excluding hydrogens is 408 g/mol. The van der Waals surface area contributed by atoms with E-state index < -0.39 is 5.63 Å². The highest BCUT2D eigenvalue weighted by atomic mass is 16.5. The van der Waals surface area contributed by atoms with Gasteiger partial charge in [-0.3, -0.25) is 9.59 Å². The molecule has 3 aromatic rings. The number of ether oxygens (including phenoxy) is 1. The van der Waals surface area contributed by atoms with Crippen LogP contribution in [0.1, 0.15) is 31.4 Å². The quantitative estimate of drug-likeness (QED) is 0.399. The Morgan fingerprint density at radius 3 is 2.31 bits per heavy atom. The van der Waals surface area contributed by atoms with E-state index in [2.05, 4.69) is 17.2 Å². The lowest BCUT2D eigenvalue weighted by Crippen LogP contribution is -2.16. The number of rotatable bonds is 8. The largest absolute Gasteiger partial charge is 0.489 e. The molecule has 1 aromatic heterocycles. The summed E-state index contributed by atoms with van der Waals surface area (Å²) in [5.74, 6) is 0.210. The summed E-state index contributed by atoms with van der Waals surface area (Å²) in [4.78, 5) is 36.0. The highest BCUT2D eigenvalue weighted by molar-refractivity contribution is 5.92. The molecule has 0 bridgehead atoms. The summed E-state index contributed by atoms with van der Waals surface area (Å²) in [5.41, 5.74) is 3.39. The number of amides is 2. The first-order valence-corrected chi connectivity index (χ1v) is 10.2. The first-order valence-electron chi connectivity index (χ1n) is 10.2. The lowest BCUT2D eigenvalue weighted by Gasteiger charge is -2.10. The zero-order valence-corrected chi connectivity index (χ0v) is 18.4. The van der Waals surface area contributed by atoms with E-state index >= 15 is 0 Å². The Morgan fingerprint density at radius 2 is 1.69 bits per heavy atom. The highest BCUT2D eigenvalue weighted by Gasteiger charge is 2.14. The number of anilines is 2. The normalized spacial score (nSPS) is 10.6. The van der Waals surface area contributed by atoms with Crippen LogP contribution in [-0.4, -0.2) is 18.4 Å². The van der Waals surface area contributed by atoms with Gasteiger partial charge in [-0.05, 0) is 67.8 Å². The zero-order chi connectivity index (χ0) is 23.3. The molecule has 0 spiro atoms. The molecule has 2 N–H and O–H groups in total. The number of hydrogen-bond donors (Lipinski definition) is 2. The number of benzene rings is 2. The van der Waals surface area contributed by atoms with E-state index in [1.54, 1.807) is 30.3 Å². The third-order valence-electron chi connectivity index (χ3n) is 4.84. The lowest BCUT2D eigenvalue weighted by molar-refractivity contribution is -0.116. The Balaban J connectivity index is 1.68. The van der Waals surface area contributed by atoms with Crippen molar-refractivity contribution in [3.05, 3.63) is 76.2 Å². The van der Waals surface area contributed by atoms with Crippen LogP contribution in [0.2, 0.25) is 0 Å². The van der Waals surface area contributed by atoms with Crippen LogP contribution in [0, 0.1) is 6.92 Å². The van der Waals surface area contributed by atoms with Crippen LogP contribution >= 0.6 is 0 Å². The topological polar surface area (TPSA) is 97.6 Å². The predicted molar refractivity (Wildman–Crippen MR) is 125 cm³/mol. The Labute approximate surface area is 186 Å². The molecule has 0 aliphatic heterocycles. The van der Waals surface area contributed by atoms with Crippen LogP contribution in [0.5, 0.6) is 5.75 Å². The number of carbonyl (C=O) groups is 2. The molecule has 0 aliphatic rings. The van der Waals surface area contributed by atoms with Crippen LogP contribution in [0.3, 0.4) is 0 Å². The predicted octanol–water partition coefficient (Wildman–Crippen LogP) is 4.59. The van der Waals surface area contributed by atoms with Crippen molar-refractivity contribution in [2.24, 2.45) is 0 Å². The van der Waals surface area contributed by atoms with Crippen molar-refractivity contribution in [1.29, 1.82) is 0 Å². The third kappa shape index (κ3) is 5.85. The van der Waals surface area contributed by atoms with Crippen LogP contribution in [0.15, 0.2) is 63.8 Å². The van der Waals surface area contributed by atoms with Gasteiger partial charge in [-0.1, -0.05) is 6.58 Å². The fourth-order valence-corrected chi connectivity index (χ4v) is 3.26. The molecule has 7 heteroatoms. The zero-order valence-electron chi connectivity index (χ0n) is 18.4. The van der Waals surface area contributed by atoms with E-state index in [0.717, 1.165) is 16.5 Å². The first kappa shape index (κ1) is 22.8. The molecule has 1 heterocycles. The van der Waals surface area contributed by atoms with Crippen molar-refractivity contribution in [2.75, 3.05) is 17.2 Å². The molecule has 2 aromatic carbocycles. The van der Waals surface area contributed by atoms with Gasteiger partial charge in [-0.2, -0.15) is 0 Å². The monoisotopic (exact) mass is 434 g/mol. The Bertz CT molecular complexity index is 1230. The highest BCUT2D eigenvalue weighted by Crippen LogP contribution is 2.25. The minimum absolute atomic E-state index is 0.129. The summed E-state index contributed by atoms with van der Waals surface area (Å²) < 4.78 is 11.1. The second-order valence-corrected chi connectivity index (χ2v) is 7.70. The van der Waals surface area contributed by atoms with Gasteiger partial charge >= 0.3 is 5.63 Å². The Hall–Kier alpha value is -3.87. The van der Waals surface area contributed by atoms with Gasteiger partial charge in [0.25, 0.3) is 0 Å². The maximum atomic E-state index is 12.5.